The van der Waals surface area contributed by atoms with Crippen LogP contribution >= 0.6 is 0 Å². The monoisotopic (exact) mass is 381 g/mol. The van der Waals surface area contributed by atoms with Crippen LogP contribution in [0.3, 0.4) is 0 Å². The molecule has 0 fully saturated rings. The van der Waals surface area contributed by atoms with Crippen molar-refractivity contribution in [2.45, 2.75) is 17.1 Å². The van der Waals surface area contributed by atoms with Crippen molar-refractivity contribution in [3.8, 4) is 0 Å². The number of alkyl halides is 3. The van der Waals surface area contributed by atoms with Gasteiger partial charge in [0.25, 0.3) is 0 Å². The van der Waals surface area contributed by atoms with Gasteiger partial charge in [0.15, 0.2) is 0 Å². The summed E-state index contributed by atoms with van der Waals surface area (Å²) in [6.07, 6.45) is -4.60. The number of nitrogens with one attached hydrogen (secondary N) is 1. The molecule has 0 radical (unpaired) electrons. The van der Waals surface area contributed by atoms with Crippen LogP contribution in [0.25, 0.3) is 10.8 Å². The zero-order valence-electron chi connectivity index (χ0n) is 13.5. The molecule has 0 bridgehead atoms. The first-order chi connectivity index (χ1) is 12.3. The van der Waals surface area contributed by atoms with Crippen LogP contribution in [0.15, 0.2) is 71.6 Å². The number of rotatable bonds is 5. The molecule has 0 aliphatic heterocycles. The molecule has 136 valence electrons. The molecule has 3 aromatic carbocycles. The maximum atomic E-state index is 13.4. The first kappa shape index (κ1) is 18.4. The van der Waals surface area contributed by atoms with E-state index in [1.54, 1.807) is 24.3 Å². The molecule has 0 saturated carbocycles. The number of hydrogen-bond acceptors (Lipinski definition) is 2. The predicted octanol–water partition coefficient (Wildman–Crippen LogP) is 5.13. The molecule has 0 aromatic heterocycles. The van der Waals surface area contributed by atoms with E-state index in [4.69, 9.17) is 0 Å². The topological polar surface area (TPSA) is 29.1 Å². The minimum Gasteiger partial charge on any atom is -0.373 e. The fraction of sp³-hybridized carbons (Fsp3) is 0.158. The first-order valence-electron chi connectivity index (χ1n) is 7.79. The molecule has 26 heavy (non-hydrogen) atoms. The van der Waals surface area contributed by atoms with Crippen molar-refractivity contribution in [2.75, 3.05) is 11.1 Å². The zero-order valence-corrected chi connectivity index (χ0v) is 14.3. The van der Waals surface area contributed by atoms with E-state index in [2.05, 4.69) is 5.32 Å². The quantitative estimate of drug-likeness (QED) is 0.621. The van der Waals surface area contributed by atoms with Gasteiger partial charge in [0.2, 0.25) is 0 Å². The fourth-order valence-corrected chi connectivity index (χ4v) is 4.02. The van der Waals surface area contributed by atoms with Gasteiger partial charge in [-0.05, 0) is 41.1 Å². The van der Waals surface area contributed by atoms with Gasteiger partial charge in [-0.25, -0.2) is 4.39 Å². The summed E-state index contributed by atoms with van der Waals surface area (Å²) in [6, 6.07) is 14.7. The third-order valence-corrected chi connectivity index (χ3v) is 5.38. The van der Waals surface area contributed by atoms with Crippen LogP contribution in [0, 0.1) is 5.82 Å². The van der Waals surface area contributed by atoms with Crippen LogP contribution in [-0.2, 0) is 10.8 Å². The smallest absolute Gasteiger partial charge is 0.373 e. The van der Waals surface area contributed by atoms with Crippen molar-refractivity contribution in [1.29, 1.82) is 0 Å². The van der Waals surface area contributed by atoms with E-state index in [-0.39, 0.29) is 5.69 Å². The largest absolute Gasteiger partial charge is 0.409 e. The summed E-state index contributed by atoms with van der Waals surface area (Å²) in [5, 5.41) is 3.79. The van der Waals surface area contributed by atoms with Gasteiger partial charge in [-0.15, -0.1) is 0 Å². The molecule has 0 amide bonds. The Morgan fingerprint density at radius 1 is 0.923 bits per heavy atom. The molecule has 3 rings (SSSR count). The highest BCUT2D eigenvalue weighted by Gasteiger charge is 2.41. The Balaban J connectivity index is 1.86. The standard InChI is InChI=1S/C19H15F4NOS/c20-14-8-10-15(11-9-14)24-18(19(21,22)23)12-26(25)17-7-3-5-13-4-1-2-6-16(13)17/h1-11,18,24H,12H2/t18-,26?/m1/s1. The molecule has 0 aliphatic rings. The van der Waals surface area contributed by atoms with E-state index < -0.39 is 34.6 Å². The summed E-state index contributed by atoms with van der Waals surface area (Å²) in [5.41, 5.74) is 0.114. The predicted molar refractivity (Wildman–Crippen MR) is 95.1 cm³/mol. The molecule has 0 saturated heterocycles. The van der Waals surface area contributed by atoms with Crippen LogP contribution in [-0.4, -0.2) is 22.2 Å². The highest BCUT2D eigenvalue weighted by Crippen LogP contribution is 2.28. The van der Waals surface area contributed by atoms with Gasteiger partial charge in [0, 0.05) is 10.6 Å². The Morgan fingerprint density at radius 2 is 1.58 bits per heavy atom. The number of benzene rings is 3. The van der Waals surface area contributed by atoms with Gasteiger partial charge >= 0.3 is 6.18 Å². The van der Waals surface area contributed by atoms with E-state index in [1.165, 1.54) is 12.1 Å². The third-order valence-electron chi connectivity index (χ3n) is 3.89. The molecule has 1 N–H and O–H groups in total. The SMILES string of the molecule is O=S(C[C@@H](Nc1ccc(F)cc1)C(F)(F)F)c1cccc2ccccc12. The van der Waals surface area contributed by atoms with Crippen molar-refractivity contribution in [3.05, 3.63) is 72.5 Å². The zero-order chi connectivity index (χ0) is 18.7. The second-order valence-corrected chi connectivity index (χ2v) is 7.20. The van der Waals surface area contributed by atoms with E-state index >= 15 is 0 Å². The first-order valence-corrected chi connectivity index (χ1v) is 9.11. The Hall–Kier alpha value is -2.41. The minimum atomic E-state index is -4.60. The van der Waals surface area contributed by atoms with Gasteiger partial charge < -0.3 is 5.32 Å². The molecular weight excluding hydrogens is 366 g/mol. The molecule has 0 heterocycles. The minimum absolute atomic E-state index is 0.114. The lowest BCUT2D eigenvalue weighted by Crippen LogP contribution is -2.40. The average molecular weight is 381 g/mol. The van der Waals surface area contributed by atoms with Crippen LogP contribution < -0.4 is 5.32 Å². The van der Waals surface area contributed by atoms with Crippen LogP contribution in [0.5, 0.6) is 0 Å². The summed E-state index contributed by atoms with van der Waals surface area (Å²) >= 11 is 0. The molecule has 3 aromatic rings. The van der Waals surface area contributed by atoms with Crippen molar-refractivity contribution < 1.29 is 21.8 Å². The Morgan fingerprint density at radius 3 is 2.27 bits per heavy atom. The Labute approximate surface area is 150 Å². The molecule has 2 nitrogen and oxygen atoms in total. The normalized spacial score (nSPS) is 14.2. The summed E-state index contributed by atoms with van der Waals surface area (Å²) in [4.78, 5) is 0.359. The van der Waals surface area contributed by atoms with Gasteiger partial charge in [0.05, 0.1) is 16.6 Å². The summed E-state index contributed by atoms with van der Waals surface area (Å²) < 4.78 is 65.8. The molecule has 7 heteroatoms. The van der Waals surface area contributed by atoms with E-state index in [9.17, 15) is 21.8 Å². The van der Waals surface area contributed by atoms with Crippen molar-refractivity contribution in [1.82, 2.24) is 0 Å². The van der Waals surface area contributed by atoms with Gasteiger partial charge in [-0.3, -0.25) is 4.21 Å². The number of fused-ring (bicyclic) bond motifs is 1. The highest BCUT2D eigenvalue weighted by molar-refractivity contribution is 7.85. The van der Waals surface area contributed by atoms with Crippen molar-refractivity contribution in [3.63, 3.8) is 0 Å². The second kappa shape index (κ2) is 7.45. The molecule has 0 aliphatic carbocycles. The van der Waals surface area contributed by atoms with Gasteiger partial charge in [-0.1, -0.05) is 36.4 Å². The van der Waals surface area contributed by atoms with Crippen molar-refractivity contribution >= 4 is 27.3 Å². The van der Waals surface area contributed by atoms with Crippen molar-refractivity contribution in [2.24, 2.45) is 0 Å². The number of halogens is 4. The van der Waals surface area contributed by atoms with Crippen LogP contribution in [0.4, 0.5) is 23.2 Å². The van der Waals surface area contributed by atoms with Gasteiger partial charge in [0.1, 0.15) is 11.9 Å². The van der Waals surface area contributed by atoms with E-state index in [1.807, 2.05) is 18.2 Å². The lowest BCUT2D eigenvalue weighted by atomic mass is 10.1. The fourth-order valence-electron chi connectivity index (χ4n) is 2.60. The Bertz CT molecular complexity index is 919. The summed E-state index contributed by atoms with van der Waals surface area (Å²) in [6.45, 7) is 0. The highest BCUT2D eigenvalue weighted by atomic mass is 32.2. The number of hydrogen-bond donors (Lipinski definition) is 1. The van der Waals surface area contributed by atoms with Crippen LogP contribution in [0.2, 0.25) is 0 Å². The third kappa shape index (κ3) is 4.22. The second-order valence-electron chi connectivity index (χ2n) is 5.73. The van der Waals surface area contributed by atoms with Gasteiger partial charge in [-0.2, -0.15) is 13.2 Å². The van der Waals surface area contributed by atoms with E-state index in [0.717, 1.165) is 17.5 Å². The maximum absolute atomic E-state index is 13.4. The molecular formula is C19H15F4NOS. The average Bonchev–Trinajstić information content (AvgIpc) is 2.61. The van der Waals surface area contributed by atoms with Crippen LogP contribution in [0.1, 0.15) is 0 Å². The van der Waals surface area contributed by atoms with E-state index in [0.29, 0.717) is 10.3 Å². The summed E-state index contributed by atoms with van der Waals surface area (Å²) in [5.74, 6) is -1.19. The molecule has 1 unspecified atom stereocenters. The Kier molecular flexibility index (Phi) is 5.27. The number of anilines is 1. The maximum Gasteiger partial charge on any atom is 0.409 e. The lowest BCUT2D eigenvalue weighted by Gasteiger charge is -2.22. The molecule has 0 spiro atoms. The molecule has 2 atom stereocenters. The summed E-state index contributed by atoms with van der Waals surface area (Å²) in [7, 11) is -1.87. The lowest BCUT2D eigenvalue weighted by molar-refractivity contribution is -0.137.